The first kappa shape index (κ1) is 22.1. The van der Waals surface area contributed by atoms with E-state index in [2.05, 4.69) is 26.9 Å². The highest BCUT2D eigenvalue weighted by Crippen LogP contribution is 2.34. The smallest absolute Gasteiger partial charge is 0.433 e. The Labute approximate surface area is 182 Å². The second-order valence-electron chi connectivity index (χ2n) is 6.76. The molecule has 0 aliphatic carbocycles. The van der Waals surface area contributed by atoms with Crippen LogP contribution in [0.15, 0.2) is 55.0 Å². The van der Waals surface area contributed by atoms with E-state index < -0.39 is 23.6 Å². The number of rotatable bonds is 2. The third kappa shape index (κ3) is 4.59. The van der Waals surface area contributed by atoms with Crippen LogP contribution in [0.3, 0.4) is 0 Å². The maximum Gasteiger partial charge on any atom is 0.433 e. The molecule has 3 heterocycles. The zero-order valence-electron chi connectivity index (χ0n) is 16.7. The van der Waals surface area contributed by atoms with E-state index in [1.54, 1.807) is 6.07 Å². The Kier molecular flexibility index (Phi) is 5.45. The molecule has 0 aliphatic rings. The molecule has 0 bridgehead atoms. The van der Waals surface area contributed by atoms with Crippen LogP contribution >= 0.6 is 0 Å². The van der Waals surface area contributed by atoms with Gasteiger partial charge >= 0.3 is 12.4 Å². The predicted molar refractivity (Wildman–Crippen MR) is 105 cm³/mol. The summed E-state index contributed by atoms with van der Waals surface area (Å²) in [6.07, 6.45) is -5.32. The standard InChI is InChI=1S/C22H12F6N4O/c1-33-17-8-13(10-29-12-17)2-3-15-11-30-32-19(22(26,27)28)9-18(31-20(15)32)14-4-6-16(7-5-14)21(23,24)25/h4-12H,1H3. The monoisotopic (exact) mass is 462 g/mol. The molecule has 33 heavy (non-hydrogen) atoms. The number of pyridine rings is 1. The molecule has 4 rings (SSSR count). The van der Waals surface area contributed by atoms with Crippen molar-refractivity contribution in [1.82, 2.24) is 19.6 Å². The second kappa shape index (κ2) is 8.12. The highest BCUT2D eigenvalue weighted by molar-refractivity contribution is 5.67. The lowest BCUT2D eigenvalue weighted by molar-refractivity contribution is -0.142. The van der Waals surface area contributed by atoms with Gasteiger partial charge < -0.3 is 4.74 Å². The lowest BCUT2D eigenvalue weighted by atomic mass is 10.1. The van der Waals surface area contributed by atoms with Crippen molar-refractivity contribution in [3.63, 3.8) is 0 Å². The van der Waals surface area contributed by atoms with Crippen LogP contribution in [0, 0.1) is 11.8 Å². The lowest BCUT2D eigenvalue weighted by Crippen LogP contribution is -2.13. The summed E-state index contributed by atoms with van der Waals surface area (Å²) in [5, 5.41) is 3.75. The summed E-state index contributed by atoms with van der Waals surface area (Å²) in [4.78, 5) is 8.14. The van der Waals surface area contributed by atoms with Crippen LogP contribution in [0.5, 0.6) is 5.75 Å². The van der Waals surface area contributed by atoms with Gasteiger partial charge in [-0.1, -0.05) is 24.0 Å². The predicted octanol–water partition coefficient (Wildman–Crippen LogP) is 5.24. The van der Waals surface area contributed by atoms with E-state index in [4.69, 9.17) is 4.74 Å². The molecule has 0 atom stereocenters. The van der Waals surface area contributed by atoms with E-state index in [9.17, 15) is 26.3 Å². The van der Waals surface area contributed by atoms with Crippen LogP contribution in [0.4, 0.5) is 26.3 Å². The molecule has 4 aromatic rings. The van der Waals surface area contributed by atoms with Gasteiger partial charge in [0.05, 0.1) is 36.3 Å². The highest BCUT2D eigenvalue weighted by atomic mass is 19.4. The fourth-order valence-electron chi connectivity index (χ4n) is 2.97. The van der Waals surface area contributed by atoms with Gasteiger partial charge in [-0.05, 0) is 24.3 Å². The van der Waals surface area contributed by atoms with Crippen LogP contribution in [-0.4, -0.2) is 26.7 Å². The van der Waals surface area contributed by atoms with Gasteiger partial charge in [-0.2, -0.15) is 31.4 Å². The van der Waals surface area contributed by atoms with Gasteiger partial charge in [0.1, 0.15) is 5.75 Å². The number of nitrogens with zero attached hydrogens (tertiary/aromatic N) is 4. The number of aromatic nitrogens is 4. The summed E-state index contributed by atoms with van der Waals surface area (Å²) < 4.78 is 85.2. The quantitative estimate of drug-likeness (QED) is 0.302. The van der Waals surface area contributed by atoms with Crippen molar-refractivity contribution in [1.29, 1.82) is 0 Å². The summed E-state index contributed by atoms with van der Waals surface area (Å²) in [5.41, 5.74) is -1.81. The van der Waals surface area contributed by atoms with Gasteiger partial charge in [-0.3, -0.25) is 4.98 Å². The topological polar surface area (TPSA) is 52.3 Å². The number of ether oxygens (including phenoxy) is 1. The van der Waals surface area contributed by atoms with Crippen molar-refractivity contribution in [2.75, 3.05) is 7.11 Å². The van der Waals surface area contributed by atoms with Crippen LogP contribution in [0.2, 0.25) is 0 Å². The van der Waals surface area contributed by atoms with Crippen molar-refractivity contribution < 1.29 is 31.1 Å². The Morgan fingerprint density at radius 3 is 2.24 bits per heavy atom. The summed E-state index contributed by atoms with van der Waals surface area (Å²) in [6, 6.07) is 6.00. The largest absolute Gasteiger partial charge is 0.495 e. The molecule has 5 nitrogen and oxygen atoms in total. The Morgan fingerprint density at radius 2 is 1.61 bits per heavy atom. The molecule has 3 aromatic heterocycles. The second-order valence-corrected chi connectivity index (χ2v) is 6.76. The molecule has 11 heteroatoms. The number of hydrogen-bond donors (Lipinski definition) is 0. The zero-order valence-corrected chi connectivity index (χ0v) is 16.7. The van der Waals surface area contributed by atoms with E-state index in [1.807, 2.05) is 0 Å². The number of hydrogen-bond acceptors (Lipinski definition) is 4. The number of halogens is 6. The van der Waals surface area contributed by atoms with Crippen molar-refractivity contribution in [2.24, 2.45) is 0 Å². The van der Waals surface area contributed by atoms with E-state index in [1.165, 1.54) is 19.5 Å². The molecule has 1 aromatic carbocycles. The van der Waals surface area contributed by atoms with Crippen molar-refractivity contribution in [3.05, 3.63) is 77.4 Å². The first-order chi connectivity index (χ1) is 15.6. The molecule has 0 N–H and O–H groups in total. The summed E-state index contributed by atoms with van der Waals surface area (Å²) >= 11 is 0. The molecule has 0 saturated carbocycles. The summed E-state index contributed by atoms with van der Waals surface area (Å²) in [6.45, 7) is 0. The first-order valence-electron chi connectivity index (χ1n) is 9.21. The number of benzene rings is 1. The summed E-state index contributed by atoms with van der Waals surface area (Å²) in [5.74, 6) is 5.93. The van der Waals surface area contributed by atoms with Crippen molar-refractivity contribution >= 4 is 5.65 Å². The van der Waals surface area contributed by atoms with E-state index >= 15 is 0 Å². The van der Waals surface area contributed by atoms with Gasteiger partial charge in [0.2, 0.25) is 0 Å². The number of alkyl halides is 6. The minimum absolute atomic E-state index is 0.0769. The Hall–Kier alpha value is -4.07. The maximum absolute atomic E-state index is 13.7. The molecule has 0 saturated heterocycles. The Bertz CT molecular complexity index is 1380. The van der Waals surface area contributed by atoms with Crippen molar-refractivity contribution in [2.45, 2.75) is 12.4 Å². The molecule has 168 valence electrons. The summed E-state index contributed by atoms with van der Waals surface area (Å²) in [7, 11) is 1.45. The minimum Gasteiger partial charge on any atom is -0.495 e. The van der Waals surface area contributed by atoms with Crippen molar-refractivity contribution in [3.8, 4) is 28.8 Å². The molecule has 0 unspecified atom stereocenters. The number of methoxy groups -OCH3 is 1. The molecule has 0 radical (unpaired) electrons. The molecule has 0 fully saturated rings. The van der Waals surface area contributed by atoms with Crippen LogP contribution in [-0.2, 0) is 12.4 Å². The fourth-order valence-corrected chi connectivity index (χ4v) is 2.97. The Balaban J connectivity index is 1.84. The van der Waals surface area contributed by atoms with Crippen LogP contribution < -0.4 is 4.74 Å². The van der Waals surface area contributed by atoms with Crippen LogP contribution in [0.1, 0.15) is 22.4 Å². The third-order valence-electron chi connectivity index (χ3n) is 4.56. The minimum atomic E-state index is -4.80. The first-order valence-corrected chi connectivity index (χ1v) is 9.21. The normalized spacial score (nSPS) is 11.8. The van der Waals surface area contributed by atoms with Gasteiger partial charge in [0, 0.05) is 17.3 Å². The van der Waals surface area contributed by atoms with Crippen LogP contribution in [0.25, 0.3) is 16.9 Å². The maximum atomic E-state index is 13.7. The lowest BCUT2D eigenvalue weighted by Gasteiger charge is -2.12. The highest BCUT2D eigenvalue weighted by Gasteiger charge is 2.36. The molecular formula is C22H12F6N4O. The average molecular weight is 462 g/mol. The third-order valence-corrected chi connectivity index (χ3v) is 4.56. The molecule has 0 amide bonds. The molecule has 0 aliphatic heterocycles. The van der Waals surface area contributed by atoms with Gasteiger partial charge in [-0.25, -0.2) is 9.50 Å². The van der Waals surface area contributed by atoms with E-state index in [0.717, 1.165) is 36.5 Å². The van der Waals surface area contributed by atoms with E-state index in [-0.39, 0.29) is 22.5 Å². The Morgan fingerprint density at radius 1 is 0.879 bits per heavy atom. The average Bonchev–Trinajstić information content (AvgIpc) is 3.19. The van der Waals surface area contributed by atoms with Gasteiger partial charge in [0.25, 0.3) is 0 Å². The van der Waals surface area contributed by atoms with Gasteiger partial charge in [0.15, 0.2) is 11.3 Å². The SMILES string of the molecule is COc1cncc(C#Cc2cnn3c(C(F)(F)F)cc(-c4ccc(C(F)(F)F)cc4)nc23)c1. The van der Waals surface area contributed by atoms with E-state index in [0.29, 0.717) is 15.8 Å². The van der Waals surface area contributed by atoms with Gasteiger partial charge in [-0.15, -0.1) is 0 Å². The number of fused-ring (bicyclic) bond motifs is 1. The molecular weight excluding hydrogens is 450 g/mol. The molecule has 0 spiro atoms. The zero-order chi connectivity index (χ0) is 23.8. The fraction of sp³-hybridized carbons (Fsp3) is 0.136.